The fourth-order valence-corrected chi connectivity index (χ4v) is 5.76. The van der Waals surface area contributed by atoms with Gasteiger partial charge >= 0.3 is 5.69 Å². The Morgan fingerprint density at radius 1 is 1.17 bits per heavy atom. The molecule has 0 aliphatic carbocycles. The number of aromatic nitrogens is 3. The third kappa shape index (κ3) is 3.87. The number of amides is 1. The molecule has 5 aromatic rings. The number of hydrogen-bond donors (Lipinski definition) is 2. The van der Waals surface area contributed by atoms with E-state index in [1.165, 1.54) is 11.3 Å². The van der Waals surface area contributed by atoms with Crippen molar-refractivity contribution in [1.82, 2.24) is 19.9 Å². The minimum absolute atomic E-state index is 0.0115. The van der Waals surface area contributed by atoms with E-state index >= 15 is 0 Å². The number of benzene rings is 2. The van der Waals surface area contributed by atoms with Gasteiger partial charge in [-0.25, -0.2) is 9.78 Å². The summed E-state index contributed by atoms with van der Waals surface area (Å²) in [6.45, 7) is 2.45. The molecular formula is C27H22N4O4S. The van der Waals surface area contributed by atoms with Crippen molar-refractivity contribution >= 4 is 44.3 Å². The van der Waals surface area contributed by atoms with E-state index in [1.54, 1.807) is 16.8 Å². The second kappa shape index (κ2) is 8.76. The van der Waals surface area contributed by atoms with Crippen LogP contribution in [0.3, 0.4) is 0 Å². The Morgan fingerprint density at radius 3 is 2.75 bits per heavy atom. The van der Waals surface area contributed by atoms with E-state index in [4.69, 9.17) is 4.74 Å². The van der Waals surface area contributed by atoms with Crippen LogP contribution in [0.2, 0.25) is 0 Å². The highest BCUT2D eigenvalue weighted by Crippen LogP contribution is 2.30. The fourth-order valence-electron chi connectivity index (χ4n) is 4.70. The summed E-state index contributed by atoms with van der Waals surface area (Å²) in [5.41, 5.74) is 2.21. The van der Waals surface area contributed by atoms with Gasteiger partial charge in [-0.1, -0.05) is 18.2 Å². The molecule has 4 heterocycles. The van der Waals surface area contributed by atoms with Crippen molar-refractivity contribution in [1.29, 1.82) is 0 Å². The van der Waals surface area contributed by atoms with Gasteiger partial charge in [-0.05, 0) is 54.8 Å². The Labute approximate surface area is 209 Å². The van der Waals surface area contributed by atoms with Crippen molar-refractivity contribution in [2.45, 2.75) is 19.8 Å². The Hall–Kier alpha value is -4.24. The van der Waals surface area contributed by atoms with E-state index in [1.807, 2.05) is 55.5 Å². The molecule has 1 atom stereocenters. The summed E-state index contributed by atoms with van der Waals surface area (Å²) in [6.07, 6.45) is 2.37. The third-order valence-electron chi connectivity index (χ3n) is 6.38. The second-order valence-electron chi connectivity index (χ2n) is 8.91. The van der Waals surface area contributed by atoms with Crippen LogP contribution in [0, 0.1) is 12.8 Å². The van der Waals surface area contributed by atoms with Crippen LogP contribution in [0.5, 0.6) is 11.5 Å². The van der Waals surface area contributed by atoms with Gasteiger partial charge < -0.3 is 15.2 Å². The first-order chi connectivity index (χ1) is 17.5. The van der Waals surface area contributed by atoms with Crippen LogP contribution < -0.4 is 20.3 Å². The number of aryl methyl sites for hydroxylation is 1. The Balaban J connectivity index is 1.46. The molecule has 3 aromatic heterocycles. The SMILES string of the molecule is Cc1cc(Oc2ccccc2)ccc1-n1c(=O)nc2c(=C(O)C[C@H]3CNC(=O)C3)sc3nccc1c32. The lowest BCUT2D eigenvalue weighted by molar-refractivity contribution is -0.119. The van der Waals surface area contributed by atoms with Crippen molar-refractivity contribution < 1.29 is 14.6 Å². The van der Waals surface area contributed by atoms with E-state index in [-0.39, 0.29) is 17.6 Å². The number of hydrogen-bond acceptors (Lipinski definition) is 7. The lowest BCUT2D eigenvalue weighted by Gasteiger charge is -2.14. The van der Waals surface area contributed by atoms with Gasteiger partial charge in [0.25, 0.3) is 0 Å². The van der Waals surface area contributed by atoms with Crippen LogP contribution in [-0.4, -0.2) is 32.1 Å². The predicted molar refractivity (Wildman–Crippen MR) is 139 cm³/mol. The van der Waals surface area contributed by atoms with Crippen LogP contribution in [0.1, 0.15) is 18.4 Å². The summed E-state index contributed by atoms with van der Waals surface area (Å²) in [6, 6.07) is 16.9. The zero-order valence-electron chi connectivity index (χ0n) is 19.4. The molecule has 0 bridgehead atoms. The smallest absolute Gasteiger partial charge is 0.353 e. The molecule has 1 aliphatic rings. The Kier molecular flexibility index (Phi) is 5.41. The number of ether oxygens (including phenoxy) is 1. The predicted octanol–water partition coefficient (Wildman–Crippen LogP) is 4.01. The minimum Gasteiger partial charge on any atom is -0.511 e. The molecule has 8 nitrogen and oxygen atoms in total. The standard InChI is InChI=1S/C27H22N4O4S/c1-15-11-18(35-17-5-3-2-4-6-17)7-8-19(15)31-20-9-10-28-26-23(20)24(30-27(31)34)25(36-26)21(32)12-16-13-22(33)29-14-16/h2-11,16,32H,12-14H2,1H3,(H,29,33)/t16-/m1/s1. The maximum Gasteiger partial charge on any atom is 0.353 e. The highest BCUT2D eigenvalue weighted by molar-refractivity contribution is 7.17. The number of pyridine rings is 1. The van der Waals surface area contributed by atoms with E-state index in [0.717, 1.165) is 16.7 Å². The van der Waals surface area contributed by atoms with E-state index < -0.39 is 5.69 Å². The molecule has 1 aliphatic heterocycles. The van der Waals surface area contributed by atoms with Crippen molar-refractivity contribution in [3.05, 3.63) is 81.4 Å². The highest BCUT2D eigenvalue weighted by Gasteiger charge is 2.24. The topological polar surface area (TPSA) is 106 Å². The van der Waals surface area contributed by atoms with Gasteiger partial charge in [0.1, 0.15) is 27.6 Å². The molecule has 0 saturated carbocycles. The highest BCUT2D eigenvalue weighted by atomic mass is 32.1. The maximum atomic E-state index is 13.4. The number of thiophene rings is 1. The number of nitrogens with one attached hydrogen (secondary N) is 1. The van der Waals surface area contributed by atoms with Gasteiger partial charge in [-0.3, -0.25) is 9.36 Å². The molecule has 0 spiro atoms. The van der Waals surface area contributed by atoms with Crippen LogP contribution in [-0.2, 0) is 4.79 Å². The molecule has 180 valence electrons. The molecule has 1 saturated heterocycles. The molecule has 0 unspecified atom stereocenters. The van der Waals surface area contributed by atoms with Gasteiger partial charge in [-0.15, -0.1) is 11.3 Å². The number of aliphatic hydroxyl groups excluding tert-OH is 1. The first-order valence-corrected chi connectivity index (χ1v) is 12.4. The first kappa shape index (κ1) is 22.2. The van der Waals surface area contributed by atoms with Gasteiger partial charge in [0.2, 0.25) is 5.91 Å². The van der Waals surface area contributed by atoms with Crippen molar-refractivity contribution in [3.8, 4) is 17.2 Å². The number of carbonyl (C=O) groups is 1. The normalized spacial score (nSPS) is 16.5. The van der Waals surface area contributed by atoms with Gasteiger partial charge in [0, 0.05) is 25.6 Å². The number of carbonyl (C=O) groups excluding carboxylic acids is 1. The zero-order valence-corrected chi connectivity index (χ0v) is 20.2. The largest absolute Gasteiger partial charge is 0.511 e. The van der Waals surface area contributed by atoms with Crippen LogP contribution >= 0.6 is 11.3 Å². The van der Waals surface area contributed by atoms with Crippen LogP contribution in [0.4, 0.5) is 0 Å². The van der Waals surface area contributed by atoms with Crippen LogP contribution in [0.15, 0.2) is 65.6 Å². The number of rotatable bonds is 5. The lowest BCUT2D eigenvalue weighted by atomic mass is 10.0. The van der Waals surface area contributed by atoms with E-state index in [0.29, 0.717) is 51.2 Å². The Morgan fingerprint density at radius 2 is 2.00 bits per heavy atom. The number of aliphatic hydroxyl groups is 1. The summed E-state index contributed by atoms with van der Waals surface area (Å²) < 4.78 is 8.05. The minimum atomic E-state index is -0.444. The number of nitrogens with zero attached hydrogens (tertiary/aromatic N) is 3. The average molecular weight is 499 g/mol. The fraction of sp³-hybridized carbons (Fsp3) is 0.185. The summed E-state index contributed by atoms with van der Waals surface area (Å²) >= 11 is 1.31. The lowest BCUT2D eigenvalue weighted by Crippen LogP contribution is -2.24. The van der Waals surface area contributed by atoms with Gasteiger partial charge in [-0.2, -0.15) is 4.98 Å². The van der Waals surface area contributed by atoms with Crippen molar-refractivity contribution in [2.24, 2.45) is 5.92 Å². The molecule has 0 radical (unpaired) electrons. The molecule has 2 aromatic carbocycles. The monoisotopic (exact) mass is 498 g/mol. The first-order valence-electron chi connectivity index (χ1n) is 11.6. The quantitative estimate of drug-likeness (QED) is 0.379. The summed E-state index contributed by atoms with van der Waals surface area (Å²) in [7, 11) is 0. The summed E-state index contributed by atoms with van der Waals surface area (Å²) in [4.78, 5) is 34.5. The van der Waals surface area contributed by atoms with Gasteiger partial charge in [0.05, 0.1) is 21.1 Å². The van der Waals surface area contributed by atoms with E-state index in [2.05, 4.69) is 15.3 Å². The third-order valence-corrected chi connectivity index (χ3v) is 7.51. The van der Waals surface area contributed by atoms with Crippen LogP contribution in [0.25, 0.3) is 32.7 Å². The van der Waals surface area contributed by atoms with E-state index in [9.17, 15) is 14.7 Å². The summed E-state index contributed by atoms with van der Waals surface area (Å²) in [5, 5.41) is 14.4. The molecule has 1 fully saturated rings. The maximum absolute atomic E-state index is 13.4. The number of para-hydroxylation sites is 1. The molecular weight excluding hydrogens is 476 g/mol. The van der Waals surface area contributed by atoms with Crippen molar-refractivity contribution in [3.63, 3.8) is 0 Å². The zero-order chi connectivity index (χ0) is 24.8. The molecule has 9 heteroatoms. The molecule has 1 amide bonds. The Bertz CT molecular complexity index is 1740. The van der Waals surface area contributed by atoms with Crippen molar-refractivity contribution in [2.75, 3.05) is 6.54 Å². The molecule has 36 heavy (non-hydrogen) atoms. The average Bonchev–Trinajstić information content (AvgIpc) is 3.44. The van der Waals surface area contributed by atoms with Gasteiger partial charge in [0.15, 0.2) is 0 Å². The summed E-state index contributed by atoms with van der Waals surface area (Å²) in [5.74, 6) is 1.53. The molecule has 2 N–H and O–H groups in total. The second-order valence-corrected chi connectivity index (χ2v) is 9.91. The molecule has 6 rings (SSSR count).